The Morgan fingerprint density at radius 1 is 1.14 bits per heavy atom. The first kappa shape index (κ1) is 13.6. The third kappa shape index (κ3) is 2.36. The van der Waals surface area contributed by atoms with Gasteiger partial charge in [-0.15, -0.1) is 0 Å². The summed E-state index contributed by atoms with van der Waals surface area (Å²) in [4.78, 5) is 7.62. The van der Waals surface area contributed by atoms with Crippen molar-refractivity contribution in [3.8, 4) is 0 Å². The van der Waals surface area contributed by atoms with Gasteiger partial charge in [0.25, 0.3) is 0 Å². The molecular weight excluding hydrogens is 324 g/mol. The second kappa shape index (κ2) is 5.60. The van der Waals surface area contributed by atoms with E-state index in [1.54, 1.807) is 0 Å². The summed E-state index contributed by atoms with van der Waals surface area (Å²) in [5.74, 6) is 2.12. The molecule has 2 nitrogen and oxygen atoms in total. The van der Waals surface area contributed by atoms with Gasteiger partial charge in [0.15, 0.2) is 0 Å². The van der Waals surface area contributed by atoms with Crippen LogP contribution in [-0.2, 0) is 5.33 Å². The zero-order valence-electron chi connectivity index (χ0n) is 12.3. The van der Waals surface area contributed by atoms with Crippen molar-refractivity contribution < 1.29 is 0 Å². The standard InChI is InChI=1S/C18H21BrN2/c19-12-15-11-14-6-1-3-7-16(14)20-18(15)21-10-9-13-5-2-4-8-17(13)21/h1,3,6-7,11,13,17H,2,4-5,8-10,12H2. The maximum atomic E-state index is 5.01. The van der Waals surface area contributed by atoms with E-state index in [1.165, 1.54) is 55.4 Å². The average molecular weight is 345 g/mol. The molecule has 0 N–H and O–H groups in total. The fourth-order valence-corrected chi connectivity index (χ4v) is 4.58. The molecule has 0 amide bonds. The summed E-state index contributed by atoms with van der Waals surface area (Å²) >= 11 is 3.66. The molecule has 0 spiro atoms. The molecule has 1 aliphatic heterocycles. The van der Waals surface area contributed by atoms with E-state index in [-0.39, 0.29) is 0 Å². The number of para-hydroxylation sites is 1. The second-order valence-electron chi connectivity index (χ2n) is 6.39. The van der Waals surface area contributed by atoms with Crippen LogP contribution in [0.3, 0.4) is 0 Å². The molecule has 2 unspecified atom stereocenters. The first-order valence-electron chi connectivity index (χ1n) is 8.08. The zero-order chi connectivity index (χ0) is 14.2. The fourth-order valence-electron chi connectivity index (χ4n) is 4.17. The number of aromatic nitrogens is 1. The number of fused-ring (bicyclic) bond motifs is 2. The molecule has 21 heavy (non-hydrogen) atoms. The fraction of sp³-hybridized carbons (Fsp3) is 0.500. The number of pyridine rings is 1. The molecule has 1 saturated carbocycles. The van der Waals surface area contributed by atoms with Crippen LogP contribution in [0.15, 0.2) is 30.3 Å². The molecule has 2 aromatic rings. The highest BCUT2D eigenvalue weighted by atomic mass is 79.9. The molecule has 1 aromatic carbocycles. The summed E-state index contributed by atoms with van der Waals surface area (Å²) in [5.41, 5.74) is 2.45. The number of nitrogens with zero attached hydrogens (tertiary/aromatic N) is 2. The number of alkyl halides is 1. The van der Waals surface area contributed by atoms with Crippen molar-refractivity contribution in [1.82, 2.24) is 4.98 Å². The molecule has 1 aliphatic carbocycles. The first-order valence-corrected chi connectivity index (χ1v) is 9.20. The minimum atomic E-state index is 0.727. The Balaban J connectivity index is 1.78. The van der Waals surface area contributed by atoms with Crippen LogP contribution in [0.1, 0.15) is 37.7 Å². The summed E-state index contributed by atoms with van der Waals surface area (Å²) in [6.45, 7) is 1.18. The predicted octanol–water partition coefficient (Wildman–Crippen LogP) is 4.90. The summed E-state index contributed by atoms with van der Waals surface area (Å²) in [6.07, 6.45) is 6.92. The van der Waals surface area contributed by atoms with Crippen molar-refractivity contribution in [2.24, 2.45) is 5.92 Å². The average Bonchev–Trinajstić information content (AvgIpc) is 2.97. The Hall–Kier alpha value is -1.09. The Bertz CT molecular complexity index is 655. The van der Waals surface area contributed by atoms with Crippen LogP contribution in [0.2, 0.25) is 0 Å². The van der Waals surface area contributed by atoms with Crippen molar-refractivity contribution in [3.63, 3.8) is 0 Å². The lowest BCUT2D eigenvalue weighted by molar-refractivity contribution is 0.341. The monoisotopic (exact) mass is 344 g/mol. The van der Waals surface area contributed by atoms with Gasteiger partial charge < -0.3 is 4.90 Å². The number of anilines is 1. The van der Waals surface area contributed by atoms with E-state index < -0.39 is 0 Å². The molecule has 0 bridgehead atoms. The van der Waals surface area contributed by atoms with E-state index in [0.29, 0.717) is 0 Å². The molecule has 1 aromatic heterocycles. The van der Waals surface area contributed by atoms with Crippen molar-refractivity contribution in [2.75, 3.05) is 11.4 Å². The van der Waals surface area contributed by atoms with E-state index in [9.17, 15) is 0 Å². The largest absolute Gasteiger partial charge is 0.353 e. The minimum Gasteiger partial charge on any atom is -0.353 e. The van der Waals surface area contributed by atoms with E-state index in [2.05, 4.69) is 51.2 Å². The van der Waals surface area contributed by atoms with Crippen LogP contribution < -0.4 is 4.90 Å². The lowest BCUT2D eigenvalue weighted by Crippen LogP contribution is -2.35. The normalized spacial score (nSPS) is 25.3. The van der Waals surface area contributed by atoms with E-state index in [1.807, 2.05) is 0 Å². The number of rotatable bonds is 2. The highest BCUT2D eigenvalue weighted by Crippen LogP contribution is 2.40. The van der Waals surface area contributed by atoms with Crippen molar-refractivity contribution in [3.05, 3.63) is 35.9 Å². The molecule has 4 rings (SSSR count). The molecule has 2 atom stereocenters. The van der Waals surface area contributed by atoms with Gasteiger partial charge in [0.1, 0.15) is 5.82 Å². The van der Waals surface area contributed by atoms with E-state index in [4.69, 9.17) is 4.98 Å². The highest BCUT2D eigenvalue weighted by Gasteiger charge is 2.37. The summed E-state index contributed by atoms with van der Waals surface area (Å²) < 4.78 is 0. The number of halogens is 1. The van der Waals surface area contributed by atoms with Crippen molar-refractivity contribution >= 4 is 32.7 Å². The van der Waals surface area contributed by atoms with Gasteiger partial charge in [-0.05, 0) is 37.3 Å². The Labute approximate surface area is 134 Å². The van der Waals surface area contributed by atoms with Crippen LogP contribution in [0.5, 0.6) is 0 Å². The van der Waals surface area contributed by atoms with Gasteiger partial charge in [-0.1, -0.05) is 47.0 Å². The SMILES string of the molecule is BrCc1cc2ccccc2nc1N1CCC2CCCCC21. The van der Waals surface area contributed by atoms with Crippen molar-refractivity contribution in [2.45, 2.75) is 43.5 Å². The van der Waals surface area contributed by atoms with Gasteiger partial charge in [0.05, 0.1) is 5.52 Å². The van der Waals surface area contributed by atoms with Gasteiger partial charge in [0, 0.05) is 28.9 Å². The molecule has 2 fully saturated rings. The Morgan fingerprint density at radius 3 is 2.90 bits per heavy atom. The Kier molecular flexibility index (Phi) is 3.62. The van der Waals surface area contributed by atoms with Crippen LogP contribution in [0, 0.1) is 5.92 Å². The first-order chi connectivity index (χ1) is 10.4. The van der Waals surface area contributed by atoms with Crippen LogP contribution in [0.25, 0.3) is 10.9 Å². The van der Waals surface area contributed by atoms with Crippen LogP contribution in [-0.4, -0.2) is 17.6 Å². The highest BCUT2D eigenvalue weighted by molar-refractivity contribution is 9.08. The minimum absolute atomic E-state index is 0.727. The van der Waals surface area contributed by atoms with Crippen LogP contribution >= 0.6 is 15.9 Å². The summed E-state index contributed by atoms with van der Waals surface area (Å²) in [6, 6.07) is 11.5. The van der Waals surface area contributed by atoms with E-state index >= 15 is 0 Å². The van der Waals surface area contributed by atoms with Gasteiger partial charge in [-0.25, -0.2) is 4.98 Å². The van der Waals surface area contributed by atoms with Gasteiger partial charge in [0.2, 0.25) is 0 Å². The summed E-state index contributed by atoms with van der Waals surface area (Å²) in [7, 11) is 0. The van der Waals surface area contributed by atoms with Gasteiger partial charge >= 0.3 is 0 Å². The maximum Gasteiger partial charge on any atom is 0.133 e. The van der Waals surface area contributed by atoms with Crippen LogP contribution in [0.4, 0.5) is 5.82 Å². The molecule has 0 radical (unpaired) electrons. The maximum absolute atomic E-state index is 5.01. The number of benzene rings is 1. The van der Waals surface area contributed by atoms with E-state index in [0.717, 1.165) is 22.8 Å². The predicted molar refractivity (Wildman–Crippen MR) is 92.1 cm³/mol. The van der Waals surface area contributed by atoms with Gasteiger partial charge in [-0.2, -0.15) is 0 Å². The number of hydrogen-bond donors (Lipinski definition) is 0. The number of hydrogen-bond acceptors (Lipinski definition) is 2. The molecule has 3 heteroatoms. The summed E-state index contributed by atoms with van der Waals surface area (Å²) in [5, 5.41) is 2.13. The lowest BCUT2D eigenvalue weighted by Gasteiger charge is -2.33. The molecule has 110 valence electrons. The Morgan fingerprint density at radius 2 is 2.00 bits per heavy atom. The third-order valence-electron chi connectivity index (χ3n) is 5.21. The smallest absolute Gasteiger partial charge is 0.133 e. The molecule has 1 saturated heterocycles. The van der Waals surface area contributed by atoms with Crippen molar-refractivity contribution in [1.29, 1.82) is 0 Å². The second-order valence-corrected chi connectivity index (χ2v) is 6.95. The third-order valence-corrected chi connectivity index (χ3v) is 5.81. The molecule has 2 heterocycles. The quantitative estimate of drug-likeness (QED) is 0.720. The molecule has 2 aliphatic rings. The topological polar surface area (TPSA) is 16.1 Å². The van der Waals surface area contributed by atoms with Gasteiger partial charge in [-0.3, -0.25) is 0 Å². The lowest BCUT2D eigenvalue weighted by atomic mass is 9.85. The molecular formula is C18H21BrN2. The zero-order valence-corrected chi connectivity index (χ0v) is 13.8.